The number of ether oxygens (including phenoxy) is 2. The van der Waals surface area contributed by atoms with Gasteiger partial charge < -0.3 is 9.47 Å². The maximum absolute atomic E-state index is 13.4. The van der Waals surface area contributed by atoms with Gasteiger partial charge in [0.05, 0.1) is 25.0 Å². The molecule has 0 atom stereocenters. The van der Waals surface area contributed by atoms with E-state index in [0.717, 1.165) is 67.3 Å². The van der Waals surface area contributed by atoms with Gasteiger partial charge in [0.25, 0.3) is 5.91 Å². The van der Waals surface area contributed by atoms with Gasteiger partial charge in [0.1, 0.15) is 11.3 Å². The topological polar surface area (TPSA) is 72.7 Å². The zero-order chi connectivity index (χ0) is 21.8. The maximum Gasteiger partial charge on any atom is 0.280 e. The molecule has 1 amide bonds. The Hall–Kier alpha value is -2.49. The van der Waals surface area contributed by atoms with Crippen molar-refractivity contribution in [2.75, 3.05) is 51.4 Å². The van der Waals surface area contributed by atoms with E-state index in [9.17, 15) is 4.79 Å². The van der Waals surface area contributed by atoms with Crippen molar-refractivity contribution in [3.63, 3.8) is 0 Å². The molecule has 0 saturated carbocycles. The van der Waals surface area contributed by atoms with Crippen LogP contribution in [0.2, 0.25) is 0 Å². The monoisotopic (exact) mass is 443 g/mol. The Morgan fingerprint density at radius 3 is 2.81 bits per heavy atom. The molecule has 0 aliphatic carbocycles. The van der Waals surface area contributed by atoms with Crippen molar-refractivity contribution in [3.05, 3.63) is 35.7 Å². The molecule has 0 radical (unpaired) electrons. The third-order valence-corrected chi connectivity index (χ3v) is 6.75. The second-order valence-electron chi connectivity index (χ2n) is 7.58. The van der Waals surface area contributed by atoms with Gasteiger partial charge in [-0.05, 0) is 38.0 Å². The lowest BCUT2D eigenvalue weighted by molar-refractivity contribution is 0.0376. The van der Waals surface area contributed by atoms with Crippen LogP contribution in [0.15, 0.2) is 24.4 Å². The van der Waals surface area contributed by atoms with Gasteiger partial charge in [-0.1, -0.05) is 17.4 Å². The summed E-state index contributed by atoms with van der Waals surface area (Å²) in [6.07, 6.45) is 2.69. The van der Waals surface area contributed by atoms with Crippen LogP contribution in [0, 0.1) is 6.92 Å². The Morgan fingerprint density at radius 2 is 2.10 bits per heavy atom. The predicted octanol–water partition coefficient (Wildman–Crippen LogP) is 3.20. The van der Waals surface area contributed by atoms with Crippen LogP contribution < -0.4 is 9.64 Å². The lowest BCUT2D eigenvalue weighted by atomic mass is 10.2. The Labute approximate surface area is 186 Å². The number of fused-ring (bicyclic) bond motifs is 1. The minimum atomic E-state index is -0.121. The van der Waals surface area contributed by atoms with Crippen LogP contribution in [-0.4, -0.2) is 72.1 Å². The third kappa shape index (κ3) is 4.73. The number of rotatable bonds is 8. The number of hydrogen-bond donors (Lipinski definition) is 0. The lowest BCUT2D eigenvalue weighted by Gasteiger charge is -2.27. The number of anilines is 1. The van der Waals surface area contributed by atoms with E-state index in [0.29, 0.717) is 17.4 Å². The van der Waals surface area contributed by atoms with Crippen molar-refractivity contribution in [3.8, 4) is 5.75 Å². The number of carbonyl (C=O) groups excluding carboxylic acids is 1. The van der Waals surface area contributed by atoms with Crippen molar-refractivity contribution < 1.29 is 14.3 Å². The highest BCUT2D eigenvalue weighted by Gasteiger charge is 2.24. The van der Waals surface area contributed by atoms with Gasteiger partial charge in [0, 0.05) is 38.9 Å². The first kappa shape index (κ1) is 21.7. The average molecular weight is 444 g/mol. The van der Waals surface area contributed by atoms with Crippen molar-refractivity contribution in [1.82, 2.24) is 19.7 Å². The van der Waals surface area contributed by atoms with Gasteiger partial charge in [-0.2, -0.15) is 5.10 Å². The van der Waals surface area contributed by atoms with Crippen LogP contribution >= 0.6 is 11.3 Å². The molecule has 4 rings (SSSR count). The molecule has 3 heterocycles. The quantitative estimate of drug-likeness (QED) is 0.532. The molecule has 1 fully saturated rings. The van der Waals surface area contributed by atoms with Crippen LogP contribution in [-0.2, 0) is 11.3 Å². The van der Waals surface area contributed by atoms with Crippen LogP contribution in [0.25, 0.3) is 10.2 Å². The fraction of sp³-hybridized carbons (Fsp3) is 0.500. The van der Waals surface area contributed by atoms with Crippen LogP contribution in [0.4, 0.5) is 5.13 Å². The number of benzene rings is 1. The molecular formula is C22H29N5O3S. The number of methoxy groups -OCH3 is 1. The van der Waals surface area contributed by atoms with Crippen molar-refractivity contribution in [1.29, 1.82) is 0 Å². The van der Waals surface area contributed by atoms with Gasteiger partial charge in [-0.25, -0.2) is 4.98 Å². The van der Waals surface area contributed by atoms with E-state index in [1.807, 2.05) is 25.3 Å². The zero-order valence-electron chi connectivity index (χ0n) is 18.3. The molecular weight excluding hydrogens is 414 g/mol. The minimum absolute atomic E-state index is 0.121. The summed E-state index contributed by atoms with van der Waals surface area (Å²) in [6, 6.07) is 5.73. The number of amides is 1. The minimum Gasteiger partial charge on any atom is -0.494 e. The molecule has 8 nitrogen and oxygen atoms in total. The highest BCUT2D eigenvalue weighted by atomic mass is 32.1. The first-order valence-corrected chi connectivity index (χ1v) is 11.5. The largest absolute Gasteiger partial charge is 0.494 e. The summed E-state index contributed by atoms with van der Waals surface area (Å²) in [4.78, 5) is 22.4. The predicted molar refractivity (Wildman–Crippen MR) is 122 cm³/mol. The molecule has 2 aromatic heterocycles. The first-order chi connectivity index (χ1) is 15.1. The summed E-state index contributed by atoms with van der Waals surface area (Å²) in [5.41, 5.74) is 2.36. The van der Waals surface area contributed by atoms with Crippen LogP contribution in [0.3, 0.4) is 0 Å². The summed E-state index contributed by atoms with van der Waals surface area (Å²) in [5, 5.41) is 5.11. The maximum atomic E-state index is 13.4. The Balaban J connectivity index is 1.61. The van der Waals surface area contributed by atoms with E-state index in [4.69, 9.17) is 14.5 Å². The van der Waals surface area contributed by atoms with Crippen LogP contribution in [0.1, 0.15) is 29.4 Å². The first-order valence-electron chi connectivity index (χ1n) is 10.7. The summed E-state index contributed by atoms with van der Waals surface area (Å²) in [5.74, 6) is 0.601. The zero-order valence-corrected chi connectivity index (χ0v) is 19.2. The fourth-order valence-corrected chi connectivity index (χ4v) is 4.81. The van der Waals surface area contributed by atoms with Crippen molar-refractivity contribution in [2.24, 2.45) is 0 Å². The van der Waals surface area contributed by atoms with Crippen molar-refractivity contribution in [2.45, 2.75) is 26.8 Å². The number of aryl methyl sites for hydroxylation is 2. The number of morpholine rings is 1. The molecule has 1 aliphatic rings. The van der Waals surface area contributed by atoms with Gasteiger partial charge in [-0.15, -0.1) is 0 Å². The standard InChI is InChI=1S/C22H29N5O3S/c1-4-26-11-8-17(24-26)21(28)27(10-5-9-25-12-14-30-15-13-25)22-23-19-18(29-3)7-6-16(2)20(19)31-22/h6-8,11H,4-5,9-10,12-15H2,1-3H3. The summed E-state index contributed by atoms with van der Waals surface area (Å²) in [7, 11) is 1.64. The van der Waals surface area contributed by atoms with E-state index in [-0.39, 0.29) is 5.91 Å². The molecule has 1 aromatic carbocycles. The number of aromatic nitrogens is 3. The van der Waals surface area contributed by atoms with E-state index in [1.54, 1.807) is 22.8 Å². The van der Waals surface area contributed by atoms with Gasteiger partial charge in [-0.3, -0.25) is 19.3 Å². The third-order valence-electron chi connectivity index (χ3n) is 5.53. The molecule has 0 spiro atoms. The van der Waals surface area contributed by atoms with E-state index in [2.05, 4.69) is 16.9 Å². The second kappa shape index (κ2) is 9.76. The number of carbonyl (C=O) groups is 1. The molecule has 0 N–H and O–H groups in total. The Bertz CT molecular complexity index is 1040. The lowest BCUT2D eigenvalue weighted by Crippen LogP contribution is -2.39. The van der Waals surface area contributed by atoms with Gasteiger partial charge in [0.15, 0.2) is 10.8 Å². The second-order valence-corrected chi connectivity index (χ2v) is 8.56. The fourth-order valence-electron chi connectivity index (χ4n) is 3.73. The smallest absolute Gasteiger partial charge is 0.280 e. The average Bonchev–Trinajstić information content (AvgIpc) is 3.45. The highest BCUT2D eigenvalue weighted by molar-refractivity contribution is 7.22. The summed E-state index contributed by atoms with van der Waals surface area (Å²) < 4.78 is 13.8. The van der Waals surface area contributed by atoms with Crippen molar-refractivity contribution >= 4 is 32.6 Å². The normalized spacial score (nSPS) is 14.8. The van der Waals surface area contributed by atoms with E-state index < -0.39 is 0 Å². The van der Waals surface area contributed by atoms with E-state index in [1.165, 1.54) is 11.3 Å². The Kier molecular flexibility index (Phi) is 6.84. The molecule has 166 valence electrons. The van der Waals surface area contributed by atoms with Gasteiger partial charge in [0.2, 0.25) is 0 Å². The molecule has 3 aromatic rings. The molecule has 1 saturated heterocycles. The molecule has 9 heteroatoms. The summed E-state index contributed by atoms with van der Waals surface area (Å²) >= 11 is 1.53. The Morgan fingerprint density at radius 1 is 1.29 bits per heavy atom. The molecule has 31 heavy (non-hydrogen) atoms. The van der Waals surface area contributed by atoms with Crippen LogP contribution in [0.5, 0.6) is 5.75 Å². The highest BCUT2D eigenvalue weighted by Crippen LogP contribution is 2.36. The van der Waals surface area contributed by atoms with Gasteiger partial charge >= 0.3 is 0 Å². The summed E-state index contributed by atoms with van der Waals surface area (Å²) in [6.45, 7) is 9.70. The SMILES string of the molecule is CCn1ccc(C(=O)N(CCCN2CCOCC2)c2nc3c(OC)ccc(C)c3s2)n1. The molecule has 1 aliphatic heterocycles. The molecule has 0 unspecified atom stereocenters. The number of hydrogen-bond acceptors (Lipinski definition) is 7. The molecule has 0 bridgehead atoms. The number of nitrogens with zero attached hydrogens (tertiary/aromatic N) is 5. The number of thiazole rings is 1. The van der Waals surface area contributed by atoms with E-state index >= 15 is 0 Å².